The van der Waals surface area contributed by atoms with Crippen LogP contribution in [0.25, 0.3) is 0 Å². The zero-order chi connectivity index (χ0) is 16.8. The molecule has 1 aliphatic heterocycles. The number of rotatable bonds is 2. The second kappa shape index (κ2) is 5.53. The third-order valence-corrected chi connectivity index (χ3v) is 3.85. The Labute approximate surface area is 133 Å². The van der Waals surface area contributed by atoms with Gasteiger partial charge >= 0.3 is 6.18 Å². The van der Waals surface area contributed by atoms with Crippen LogP contribution in [0.2, 0.25) is 0 Å². The summed E-state index contributed by atoms with van der Waals surface area (Å²) in [5, 5.41) is -0.945. The molecule has 23 heavy (non-hydrogen) atoms. The lowest BCUT2D eigenvalue weighted by atomic mass is 10.00. The van der Waals surface area contributed by atoms with Crippen LogP contribution in [0.15, 0.2) is 36.4 Å². The molecule has 1 aliphatic rings. The monoisotopic (exact) mass is 344 g/mol. The molecule has 0 aromatic heterocycles. The molecule has 0 N–H and O–H groups in total. The van der Waals surface area contributed by atoms with Crippen LogP contribution in [0.4, 0.5) is 17.6 Å². The number of carbonyl (C=O) groups excluding carboxylic acids is 1. The van der Waals surface area contributed by atoms with Gasteiger partial charge in [0.25, 0.3) is 5.24 Å². The highest BCUT2D eigenvalue weighted by Crippen LogP contribution is 2.41. The van der Waals surface area contributed by atoms with Crippen molar-refractivity contribution in [3.63, 3.8) is 0 Å². The molecule has 0 spiro atoms. The van der Waals surface area contributed by atoms with Gasteiger partial charge in [-0.05, 0) is 41.4 Å². The Morgan fingerprint density at radius 3 is 2.61 bits per heavy atom. The van der Waals surface area contributed by atoms with Crippen molar-refractivity contribution in [2.24, 2.45) is 0 Å². The molecule has 0 saturated heterocycles. The molecule has 1 atom stereocenters. The summed E-state index contributed by atoms with van der Waals surface area (Å²) in [4.78, 5) is 11.2. The van der Waals surface area contributed by atoms with Crippen LogP contribution in [-0.2, 0) is 12.6 Å². The number of benzene rings is 2. The van der Waals surface area contributed by atoms with Crippen molar-refractivity contribution in [3.8, 4) is 5.75 Å². The summed E-state index contributed by atoms with van der Waals surface area (Å²) in [7, 11) is 0. The van der Waals surface area contributed by atoms with Gasteiger partial charge in [0.2, 0.25) is 0 Å². The molecule has 7 heteroatoms. The molecule has 0 radical (unpaired) electrons. The Kier molecular flexibility index (Phi) is 3.80. The second-order valence-electron chi connectivity index (χ2n) is 5.11. The molecular weight excluding hydrogens is 336 g/mol. The molecule has 2 aromatic rings. The molecule has 0 unspecified atom stereocenters. The van der Waals surface area contributed by atoms with E-state index in [2.05, 4.69) is 0 Å². The Morgan fingerprint density at radius 2 is 1.96 bits per heavy atom. The number of ether oxygens (including phenoxy) is 1. The molecular formula is C16H9ClF4O2. The summed E-state index contributed by atoms with van der Waals surface area (Å²) < 4.78 is 58.0. The van der Waals surface area contributed by atoms with Crippen LogP contribution in [-0.4, -0.2) is 5.24 Å². The lowest BCUT2D eigenvalue weighted by Crippen LogP contribution is -2.08. The summed E-state index contributed by atoms with van der Waals surface area (Å²) in [5.74, 6) is -0.550. The molecule has 0 saturated carbocycles. The third kappa shape index (κ3) is 2.91. The van der Waals surface area contributed by atoms with E-state index in [-0.39, 0.29) is 23.3 Å². The van der Waals surface area contributed by atoms with E-state index in [9.17, 15) is 22.4 Å². The van der Waals surface area contributed by atoms with Crippen molar-refractivity contribution in [2.75, 3.05) is 0 Å². The molecule has 120 valence electrons. The van der Waals surface area contributed by atoms with Gasteiger partial charge in [-0.2, -0.15) is 13.2 Å². The van der Waals surface area contributed by atoms with Crippen LogP contribution in [0.3, 0.4) is 0 Å². The fraction of sp³-hybridized carbons (Fsp3) is 0.188. The standard InChI is InChI=1S/C16H9ClF4O2/c17-15(22)11-3-1-2-10(14(11)18)13-7-8-6-9(16(19,20)21)4-5-12(8)23-13/h1-6,13H,7H2/t13-/m0/s1. The van der Waals surface area contributed by atoms with E-state index in [4.69, 9.17) is 16.3 Å². The van der Waals surface area contributed by atoms with Gasteiger partial charge in [0.05, 0.1) is 11.1 Å². The number of alkyl halides is 3. The predicted molar refractivity (Wildman–Crippen MR) is 75.1 cm³/mol. The van der Waals surface area contributed by atoms with Gasteiger partial charge < -0.3 is 4.74 Å². The molecule has 1 heterocycles. The first-order valence-electron chi connectivity index (χ1n) is 6.62. The fourth-order valence-electron chi connectivity index (χ4n) is 2.55. The van der Waals surface area contributed by atoms with E-state index in [1.54, 1.807) is 0 Å². The van der Waals surface area contributed by atoms with Gasteiger partial charge in [-0.3, -0.25) is 4.79 Å². The van der Waals surface area contributed by atoms with E-state index < -0.39 is 28.9 Å². The molecule has 2 aromatic carbocycles. The number of halogens is 5. The fourth-order valence-corrected chi connectivity index (χ4v) is 2.69. The summed E-state index contributed by atoms with van der Waals surface area (Å²) in [6, 6.07) is 7.21. The van der Waals surface area contributed by atoms with Gasteiger partial charge in [0.15, 0.2) is 0 Å². The second-order valence-corrected chi connectivity index (χ2v) is 5.46. The van der Waals surface area contributed by atoms with E-state index in [0.717, 1.165) is 12.1 Å². The van der Waals surface area contributed by atoms with Gasteiger partial charge in [0, 0.05) is 12.0 Å². The van der Waals surface area contributed by atoms with Gasteiger partial charge in [-0.15, -0.1) is 0 Å². The Balaban J connectivity index is 1.94. The molecule has 0 bridgehead atoms. The van der Waals surface area contributed by atoms with Gasteiger partial charge in [0.1, 0.15) is 17.7 Å². The van der Waals surface area contributed by atoms with Crippen LogP contribution < -0.4 is 4.74 Å². The molecule has 0 aliphatic carbocycles. The number of hydrogen-bond acceptors (Lipinski definition) is 2. The third-order valence-electron chi connectivity index (χ3n) is 3.65. The predicted octanol–water partition coefficient (Wildman–Crippen LogP) is 4.90. The highest BCUT2D eigenvalue weighted by Gasteiger charge is 2.34. The normalized spacial score (nSPS) is 16.8. The summed E-state index contributed by atoms with van der Waals surface area (Å²) in [5.41, 5.74) is -0.654. The van der Waals surface area contributed by atoms with E-state index in [1.165, 1.54) is 24.3 Å². The smallest absolute Gasteiger partial charge is 0.416 e. The number of hydrogen-bond donors (Lipinski definition) is 0. The van der Waals surface area contributed by atoms with Crippen molar-refractivity contribution >= 4 is 16.8 Å². The number of fused-ring (bicyclic) bond motifs is 1. The average molecular weight is 345 g/mol. The maximum atomic E-state index is 14.3. The first-order chi connectivity index (χ1) is 10.8. The van der Waals surface area contributed by atoms with E-state index in [1.807, 2.05) is 0 Å². The topological polar surface area (TPSA) is 26.3 Å². The Morgan fingerprint density at radius 1 is 1.22 bits per heavy atom. The maximum absolute atomic E-state index is 14.3. The quantitative estimate of drug-likeness (QED) is 0.572. The highest BCUT2D eigenvalue weighted by molar-refractivity contribution is 6.67. The van der Waals surface area contributed by atoms with Crippen LogP contribution in [0, 0.1) is 5.82 Å². The van der Waals surface area contributed by atoms with Crippen molar-refractivity contribution in [3.05, 3.63) is 64.5 Å². The number of carbonyl (C=O) groups is 1. The van der Waals surface area contributed by atoms with Crippen molar-refractivity contribution < 1.29 is 27.1 Å². The highest BCUT2D eigenvalue weighted by atomic mass is 35.5. The zero-order valence-corrected chi connectivity index (χ0v) is 12.2. The summed E-state index contributed by atoms with van der Waals surface area (Å²) >= 11 is 5.30. The lowest BCUT2D eigenvalue weighted by Gasteiger charge is -2.13. The minimum Gasteiger partial charge on any atom is -0.485 e. The van der Waals surface area contributed by atoms with Crippen molar-refractivity contribution in [2.45, 2.75) is 18.7 Å². The molecule has 0 fully saturated rings. The average Bonchev–Trinajstić information content (AvgIpc) is 2.88. The molecule has 3 rings (SSSR count). The minimum absolute atomic E-state index is 0.0795. The van der Waals surface area contributed by atoms with Crippen LogP contribution in [0.1, 0.15) is 33.2 Å². The van der Waals surface area contributed by atoms with Gasteiger partial charge in [-0.25, -0.2) is 4.39 Å². The van der Waals surface area contributed by atoms with Crippen LogP contribution >= 0.6 is 11.6 Å². The zero-order valence-electron chi connectivity index (χ0n) is 11.5. The minimum atomic E-state index is -4.46. The SMILES string of the molecule is O=C(Cl)c1cccc([C@@H]2Cc3cc(C(F)(F)F)ccc3O2)c1F. The Bertz CT molecular complexity index is 786. The van der Waals surface area contributed by atoms with Crippen LogP contribution in [0.5, 0.6) is 5.75 Å². The first-order valence-corrected chi connectivity index (χ1v) is 7.00. The summed E-state index contributed by atoms with van der Waals surface area (Å²) in [6.45, 7) is 0. The lowest BCUT2D eigenvalue weighted by molar-refractivity contribution is -0.137. The van der Waals surface area contributed by atoms with Gasteiger partial charge in [-0.1, -0.05) is 12.1 Å². The van der Waals surface area contributed by atoms with Crippen molar-refractivity contribution in [1.82, 2.24) is 0 Å². The van der Waals surface area contributed by atoms with Crippen molar-refractivity contribution in [1.29, 1.82) is 0 Å². The molecule has 0 amide bonds. The first kappa shape index (κ1) is 15.8. The maximum Gasteiger partial charge on any atom is 0.416 e. The Hall–Kier alpha value is -2.08. The summed E-state index contributed by atoms with van der Waals surface area (Å²) in [6.07, 6.45) is -5.18. The van der Waals surface area contributed by atoms with E-state index in [0.29, 0.717) is 5.56 Å². The largest absolute Gasteiger partial charge is 0.485 e. The van der Waals surface area contributed by atoms with E-state index >= 15 is 0 Å². The molecule has 2 nitrogen and oxygen atoms in total.